The Labute approximate surface area is 98.5 Å². The minimum atomic E-state index is 0.382. The zero-order valence-corrected chi connectivity index (χ0v) is 10.3. The van der Waals surface area contributed by atoms with Crippen LogP contribution >= 0.6 is 0 Å². The van der Waals surface area contributed by atoms with E-state index in [0.717, 1.165) is 19.6 Å². The van der Waals surface area contributed by atoms with Crippen molar-refractivity contribution < 1.29 is 0 Å². The van der Waals surface area contributed by atoms with Crippen LogP contribution in [-0.2, 0) is 0 Å². The Morgan fingerprint density at radius 3 is 2.38 bits per heavy atom. The van der Waals surface area contributed by atoms with Gasteiger partial charge in [-0.1, -0.05) is 18.2 Å². The van der Waals surface area contributed by atoms with Gasteiger partial charge in [0.15, 0.2) is 0 Å². The second-order valence-corrected chi connectivity index (χ2v) is 4.71. The molecule has 0 aliphatic carbocycles. The molecule has 0 saturated carbocycles. The van der Waals surface area contributed by atoms with E-state index in [-0.39, 0.29) is 0 Å². The second-order valence-electron chi connectivity index (χ2n) is 4.71. The minimum Gasteiger partial charge on any atom is -0.384 e. The van der Waals surface area contributed by atoms with Gasteiger partial charge in [0.1, 0.15) is 0 Å². The highest BCUT2D eigenvalue weighted by Crippen LogP contribution is 2.42. The van der Waals surface area contributed by atoms with E-state index in [1.165, 1.54) is 24.1 Å². The fraction of sp³-hybridized carbons (Fsp3) is 0.571. The fourth-order valence-electron chi connectivity index (χ4n) is 2.84. The van der Waals surface area contributed by atoms with E-state index in [4.69, 9.17) is 0 Å². The molecule has 1 spiro atoms. The van der Waals surface area contributed by atoms with E-state index in [0.29, 0.717) is 5.41 Å². The van der Waals surface area contributed by atoms with Gasteiger partial charge < -0.3 is 10.6 Å². The van der Waals surface area contributed by atoms with Crippen LogP contribution in [-0.4, -0.2) is 19.6 Å². The van der Waals surface area contributed by atoms with E-state index in [1.54, 1.807) is 0 Å². The molecule has 16 heavy (non-hydrogen) atoms. The molecule has 2 rings (SSSR count). The Kier molecular flexibility index (Phi) is 3.49. The summed E-state index contributed by atoms with van der Waals surface area (Å²) in [4.78, 5) is 0. The first-order chi connectivity index (χ1) is 7.82. The third-order valence-electron chi connectivity index (χ3n) is 3.71. The third-order valence-corrected chi connectivity index (χ3v) is 3.71. The number of nitrogens with one attached hydrogen (secondary N) is 2. The van der Waals surface area contributed by atoms with Gasteiger partial charge in [-0.2, -0.15) is 0 Å². The number of piperidine rings is 1. The van der Waals surface area contributed by atoms with Gasteiger partial charge in [0, 0.05) is 17.7 Å². The maximum absolute atomic E-state index is 3.57. The van der Waals surface area contributed by atoms with E-state index in [1.807, 2.05) is 0 Å². The Morgan fingerprint density at radius 1 is 1.06 bits per heavy atom. The molecule has 88 valence electrons. The normalized spacial score (nSPS) is 24.9. The van der Waals surface area contributed by atoms with E-state index in [2.05, 4.69) is 48.8 Å². The van der Waals surface area contributed by atoms with E-state index < -0.39 is 0 Å². The maximum Gasteiger partial charge on any atom is 0.0376 e. The summed E-state index contributed by atoms with van der Waals surface area (Å²) in [5.74, 6) is 0. The Hall–Kier alpha value is -1.02. The van der Waals surface area contributed by atoms with Crippen molar-refractivity contribution in [2.24, 2.45) is 5.41 Å². The zero-order chi connectivity index (χ0) is 11.4. The van der Waals surface area contributed by atoms with E-state index in [9.17, 15) is 0 Å². The van der Waals surface area contributed by atoms with Gasteiger partial charge in [-0.3, -0.25) is 0 Å². The predicted molar refractivity (Wildman–Crippen MR) is 69.2 cm³/mol. The van der Waals surface area contributed by atoms with Crippen LogP contribution in [0.1, 0.15) is 26.7 Å². The summed E-state index contributed by atoms with van der Waals surface area (Å²) in [6.45, 7) is 7.58. The largest absolute Gasteiger partial charge is 0.384 e. The highest BCUT2D eigenvalue weighted by Gasteiger charge is 2.39. The van der Waals surface area contributed by atoms with Gasteiger partial charge in [-0.25, -0.2) is 0 Å². The number of hydrogen-bond donors (Lipinski definition) is 2. The third kappa shape index (κ3) is 1.94. The number of hydrogen-bond acceptors (Lipinski definition) is 2. The minimum absolute atomic E-state index is 0.382. The van der Waals surface area contributed by atoms with Crippen molar-refractivity contribution in [2.45, 2.75) is 26.7 Å². The smallest absolute Gasteiger partial charge is 0.0376 e. The molecule has 2 aliphatic heterocycles. The van der Waals surface area contributed by atoms with Crippen LogP contribution in [0.15, 0.2) is 35.6 Å². The molecule has 0 unspecified atom stereocenters. The SMILES string of the molecule is C/C=C\C1=C(/C=C\C)C2(CCNCC2)CN1. The summed E-state index contributed by atoms with van der Waals surface area (Å²) in [5, 5.41) is 7.02. The molecule has 1 fully saturated rings. The molecule has 2 nitrogen and oxygen atoms in total. The standard InChI is InChI=1S/C14H22N2/c1-3-5-12-13(6-4-2)16-11-14(12)7-9-15-10-8-14/h3-6,15-16H,7-11H2,1-2H3/b5-3-,6-4-. The van der Waals surface area contributed by atoms with Crippen molar-refractivity contribution >= 4 is 0 Å². The lowest BCUT2D eigenvalue weighted by Crippen LogP contribution is -2.39. The number of allylic oxidation sites excluding steroid dienone is 4. The average Bonchev–Trinajstić information content (AvgIpc) is 2.61. The molecule has 2 heterocycles. The van der Waals surface area contributed by atoms with Crippen LogP contribution in [0.25, 0.3) is 0 Å². The summed E-state index contributed by atoms with van der Waals surface area (Å²) < 4.78 is 0. The van der Waals surface area contributed by atoms with Gasteiger partial charge in [0.25, 0.3) is 0 Å². The molecule has 1 saturated heterocycles. The van der Waals surface area contributed by atoms with Crippen LogP contribution in [0.5, 0.6) is 0 Å². The maximum atomic E-state index is 3.57. The van der Waals surface area contributed by atoms with Crippen LogP contribution in [0.2, 0.25) is 0 Å². The summed E-state index contributed by atoms with van der Waals surface area (Å²) in [5.41, 5.74) is 3.21. The van der Waals surface area contributed by atoms with Gasteiger partial charge in [0.05, 0.1) is 0 Å². The molecule has 0 bridgehead atoms. The van der Waals surface area contributed by atoms with Crippen molar-refractivity contribution in [3.05, 3.63) is 35.6 Å². The molecule has 0 aromatic rings. The lowest BCUT2D eigenvalue weighted by Gasteiger charge is -2.34. The first-order valence-electron chi connectivity index (χ1n) is 6.27. The molecule has 0 radical (unpaired) electrons. The molecular formula is C14H22N2. The quantitative estimate of drug-likeness (QED) is 0.743. The average molecular weight is 218 g/mol. The summed E-state index contributed by atoms with van der Waals surface area (Å²) in [6.07, 6.45) is 11.3. The van der Waals surface area contributed by atoms with Crippen molar-refractivity contribution in [1.82, 2.24) is 10.6 Å². The van der Waals surface area contributed by atoms with Crippen LogP contribution in [0, 0.1) is 5.41 Å². The monoisotopic (exact) mass is 218 g/mol. The Morgan fingerprint density at radius 2 is 1.75 bits per heavy atom. The molecule has 0 atom stereocenters. The van der Waals surface area contributed by atoms with Gasteiger partial charge >= 0.3 is 0 Å². The van der Waals surface area contributed by atoms with Crippen molar-refractivity contribution in [1.29, 1.82) is 0 Å². The molecule has 2 aliphatic rings. The second kappa shape index (κ2) is 4.88. The summed E-state index contributed by atoms with van der Waals surface area (Å²) >= 11 is 0. The zero-order valence-electron chi connectivity index (χ0n) is 10.3. The molecule has 2 N–H and O–H groups in total. The molecule has 0 aromatic heterocycles. The topological polar surface area (TPSA) is 24.1 Å². The lowest BCUT2D eigenvalue weighted by molar-refractivity contribution is 0.273. The van der Waals surface area contributed by atoms with Crippen molar-refractivity contribution in [3.63, 3.8) is 0 Å². The first kappa shape index (κ1) is 11.5. The molecule has 0 amide bonds. The molecule has 2 heteroatoms. The van der Waals surface area contributed by atoms with Crippen LogP contribution < -0.4 is 10.6 Å². The summed E-state index contributed by atoms with van der Waals surface area (Å²) in [6, 6.07) is 0. The number of rotatable bonds is 2. The fourth-order valence-corrected chi connectivity index (χ4v) is 2.84. The Balaban J connectivity index is 2.33. The van der Waals surface area contributed by atoms with Gasteiger partial charge in [-0.15, -0.1) is 0 Å². The van der Waals surface area contributed by atoms with E-state index >= 15 is 0 Å². The summed E-state index contributed by atoms with van der Waals surface area (Å²) in [7, 11) is 0. The first-order valence-corrected chi connectivity index (χ1v) is 6.27. The lowest BCUT2D eigenvalue weighted by atomic mass is 9.74. The predicted octanol–water partition coefficient (Wildman–Crippen LogP) is 2.37. The molecular weight excluding hydrogens is 196 g/mol. The van der Waals surface area contributed by atoms with Crippen molar-refractivity contribution in [2.75, 3.05) is 19.6 Å². The Bertz CT molecular complexity index is 331. The van der Waals surface area contributed by atoms with Crippen molar-refractivity contribution in [3.8, 4) is 0 Å². The molecule has 0 aromatic carbocycles. The van der Waals surface area contributed by atoms with Gasteiger partial charge in [-0.05, 0) is 51.4 Å². The van der Waals surface area contributed by atoms with Crippen LogP contribution in [0.3, 0.4) is 0 Å². The van der Waals surface area contributed by atoms with Crippen LogP contribution in [0.4, 0.5) is 0 Å². The van der Waals surface area contributed by atoms with Gasteiger partial charge in [0.2, 0.25) is 0 Å². The highest BCUT2D eigenvalue weighted by molar-refractivity contribution is 5.42. The highest BCUT2D eigenvalue weighted by atomic mass is 15.0.